The van der Waals surface area contributed by atoms with Crippen LogP contribution in [0.5, 0.6) is 5.88 Å². The SMILES string of the molecule is COc1nc(-c2cccc(-c3ccnc(-c4ccc5c(CN(C)C)cn(C)c5c4)c3Cl)c2Cl)ccc1CNCC1CCC(=O)N1. The van der Waals surface area contributed by atoms with Gasteiger partial charge in [0, 0.05) is 90.3 Å². The van der Waals surface area contributed by atoms with Crippen LogP contribution in [0.25, 0.3) is 44.5 Å². The van der Waals surface area contributed by atoms with Crippen molar-refractivity contribution in [2.75, 3.05) is 27.7 Å². The van der Waals surface area contributed by atoms with E-state index in [1.54, 1.807) is 13.3 Å². The van der Waals surface area contributed by atoms with Crippen molar-refractivity contribution in [3.05, 3.63) is 88.2 Å². The molecule has 1 aliphatic rings. The highest BCUT2D eigenvalue weighted by atomic mass is 35.5. The fraction of sp³-hybridized carbons (Fsp3) is 0.286. The van der Waals surface area contributed by atoms with E-state index >= 15 is 0 Å². The topological polar surface area (TPSA) is 84.3 Å². The molecule has 2 aromatic carbocycles. The van der Waals surface area contributed by atoms with Gasteiger partial charge in [0.25, 0.3) is 0 Å². The molecule has 1 aliphatic heterocycles. The number of hydrogen-bond donors (Lipinski definition) is 2. The second-order valence-electron chi connectivity index (χ2n) is 11.7. The Labute approximate surface area is 273 Å². The zero-order valence-electron chi connectivity index (χ0n) is 25.8. The number of rotatable bonds is 10. The van der Waals surface area contributed by atoms with Gasteiger partial charge in [-0.3, -0.25) is 9.78 Å². The van der Waals surface area contributed by atoms with E-state index in [2.05, 4.69) is 70.6 Å². The quantitative estimate of drug-likeness (QED) is 0.176. The maximum Gasteiger partial charge on any atom is 0.220 e. The molecule has 1 unspecified atom stereocenters. The third kappa shape index (κ3) is 6.42. The van der Waals surface area contributed by atoms with Gasteiger partial charge in [-0.1, -0.05) is 59.6 Å². The van der Waals surface area contributed by atoms with E-state index in [0.29, 0.717) is 46.8 Å². The van der Waals surface area contributed by atoms with Crippen LogP contribution in [0.15, 0.2) is 67.0 Å². The van der Waals surface area contributed by atoms with Crippen LogP contribution in [0.2, 0.25) is 10.0 Å². The molecule has 2 N–H and O–H groups in total. The fourth-order valence-electron chi connectivity index (χ4n) is 6.01. The molecule has 0 bridgehead atoms. The Balaban J connectivity index is 1.29. The molecule has 0 spiro atoms. The van der Waals surface area contributed by atoms with E-state index < -0.39 is 0 Å². The van der Waals surface area contributed by atoms with Gasteiger partial charge >= 0.3 is 0 Å². The van der Waals surface area contributed by atoms with E-state index in [9.17, 15) is 4.79 Å². The normalized spacial score (nSPS) is 14.8. The minimum atomic E-state index is 0.108. The molecule has 1 amide bonds. The molecule has 232 valence electrons. The minimum Gasteiger partial charge on any atom is -0.481 e. The maximum absolute atomic E-state index is 11.5. The van der Waals surface area contributed by atoms with Crippen molar-refractivity contribution < 1.29 is 9.53 Å². The Kier molecular flexibility index (Phi) is 9.10. The monoisotopic (exact) mass is 642 g/mol. The molecule has 4 heterocycles. The van der Waals surface area contributed by atoms with Crippen LogP contribution in [0, 0.1) is 0 Å². The second-order valence-corrected chi connectivity index (χ2v) is 12.5. The van der Waals surface area contributed by atoms with Crippen LogP contribution in [-0.4, -0.2) is 59.1 Å². The van der Waals surface area contributed by atoms with Crippen LogP contribution >= 0.6 is 23.2 Å². The summed E-state index contributed by atoms with van der Waals surface area (Å²) >= 11 is 14.2. The van der Waals surface area contributed by atoms with Gasteiger partial charge in [0.2, 0.25) is 11.8 Å². The van der Waals surface area contributed by atoms with E-state index in [1.165, 1.54) is 10.9 Å². The fourth-order valence-corrected chi connectivity index (χ4v) is 6.66. The van der Waals surface area contributed by atoms with Crippen molar-refractivity contribution in [1.29, 1.82) is 0 Å². The molecule has 0 saturated carbocycles. The average Bonchev–Trinajstić information content (AvgIpc) is 3.58. The largest absolute Gasteiger partial charge is 0.481 e. The summed E-state index contributed by atoms with van der Waals surface area (Å²) in [7, 11) is 7.82. The first-order valence-electron chi connectivity index (χ1n) is 14.9. The summed E-state index contributed by atoms with van der Waals surface area (Å²) in [6.07, 6.45) is 5.37. The predicted molar refractivity (Wildman–Crippen MR) is 182 cm³/mol. The van der Waals surface area contributed by atoms with Gasteiger partial charge in [-0.25, -0.2) is 4.98 Å². The standard InChI is InChI=1S/C35H36Cl2N6O2/c1-42(2)19-23-20-43(3)30-16-21(8-11-25(23)30)34-33(37)27(14-15-39-34)26-6-5-7-28(32(26)36)29-12-9-22(35(41-29)45-4)17-38-18-24-10-13-31(44)40-24/h5-9,11-12,14-16,20,24,38H,10,13,17-19H2,1-4H3,(H,40,44). The van der Waals surface area contributed by atoms with Gasteiger partial charge < -0.3 is 24.8 Å². The minimum absolute atomic E-state index is 0.108. The lowest BCUT2D eigenvalue weighted by molar-refractivity contribution is -0.119. The summed E-state index contributed by atoms with van der Waals surface area (Å²) in [5.41, 5.74) is 8.00. The smallest absolute Gasteiger partial charge is 0.220 e. The summed E-state index contributed by atoms with van der Waals surface area (Å²) in [4.78, 5) is 23.1. The molecule has 0 radical (unpaired) electrons. The van der Waals surface area contributed by atoms with Gasteiger partial charge in [-0.05, 0) is 44.3 Å². The highest BCUT2D eigenvalue weighted by Gasteiger charge is 2.21. The number of fused-ring (bicyclic) bond motifs is 1. The number of nitrogens with zero attached hydrogens (tertiary/aromatic N) is 4. The lowest BCUT2D eigenvalue weighted by Gasteiger charge is -2.15. The summed E-state index contributed by atoms with van der Waals surface area (Å²) in [5.74, 6) is 0.627. The van der Waals surface area contributed by atoms with Crippen molar-refractivity contribution in [2.45, 2.75) is 32.0 Å². The first-order valence-corrected chi connectivity index (χ1v) is 15.7. The van der Waals surface area contributed by atoms with Crippen LogP contribution in [-0.2, 0) is 24.9 Å². The van der Waals surface area contributed by atoms with Crippen LogP contribution in [0.4, 0.5) is 0 Å². The number of amides is 1. The van der Waals surface area contributed by atoms with Gasteiger partial charge in [-0.15, -0.1) is 0 Å². The summed E-state index contributed by atoms with van der Waals surface area (Å²) in [6.45, 7) is 2.12. The van der Waals surface area contributed by atoms with E-state index in [0.717, 1.165) is 46.3 Å². The van der Waals surface area contributed by atoms with Crippen LogP contribution in [0.1, 0.15) is 24.0 Å². The van der Waals surface area contributed by atoms with Crippen molar-refractivity contribution >= 4 is 40.0 Å². The molecule has 6 rings (SSSR count). The number of benzene rings is 2. The molecule has 0 aliphatic carbocycles. The van der Waals surface area contributed by atoms with Crippen molar-refractivity contribution in [3.8, 4) is 39.5 Å². The number of carbonyl (C=O) groups excluding carboxylic acids is 1. The van der Waals surface area contributed by atoms with E-state index in [-0.39, 0.29) is 11.9 Å². The zero-order chi connectivity index (χ0) is 31.7. The third-order valence-corrected chi connectivity index (χ3v) is 9.00. The number of carbonyl (C=O) groups is 1. The molecule has 8 nitrogen and oxygen atoms in total. The lowest BCUT2D eigenvalue weighted by Crippen LogP contribution is -2.35. The average molecular weight is 644 g/mol. The highest BCUT2D eigenvalue weighted by Crippen LogP contribution is 2.42. The molecule has 10 heteroatoms. The number of methoxy groups -OCH3 is 1. The molecule has 1 atom stereocenters. The Morgan fingerprint density at radius 1 is 1.04 bits per heavy atom. The molecule has 1 fully saturated rings. The predicted octanol–water partition coefficient (Wildman–Crippen LogP) is 6.71. The molecule has 3 aromatic heterocycles. The van der Waals surface area contributed by atoms with Gasteiger partial charge in [0.1, 0.15) is 0 Å². The Morgan fingerprint density at radius 3 is 2.60 bits per heavy atom. The van der Waals surface area contributed by atoms with Crippen LogP contribution < -0.4 is 15.4 Å². The number of pyridine rings is 2. The van der Waals surface area contributed by atoms with Crippen LogP contribution in [0.3, 0.4) is 0 Å². The van der Waals surface area contributed by atoms with Crippen molar-refractivity contribution in [2.24, 2.45) is 7.05 Å². The van der Waals surface area contributed by atoms with Gasteiger partial charge in [0.15, 0.2) is 0 Å². The Morgan fingerprint density at radius 2 is 1.84 bits per heavy atom. The van der Waals surface area contributed by atoms with Crippen molar-refractivity contribution in [1.82, 2.24) is 30.1 Å². The Bertz CT molecular complexity index is 1890. The first kappa shape index (κ1) is 31.0. The third-order valence-electron chi connectivity index (χ3n) is 8.21. The number of aromatic nitrogens is 3. The number of aryl methyl sites for hydroxylation is 1. The van der Waals surface area contributed by atoms with Crippen molar-refractivity contribution in [3.63, 3.8) is 0 Å². The summed E-state index contributed by atoms with van der Waals surface area (Å²) < 4.78 is 7.79. The number of hydrogen-bond acceptors (Lipinski definition) is 6. The van der Waals surface area contributed by atoms with Gasteiger partial charge in [0.05, 0.1) is 28.5 Å². The molecular formula is C35H36Cl2N6O2. The Hall–Kier alpha value is -3.95. The molecule has 1 saturated heterocycles. The number of ether oxygens (including phenoxy) is 1. The summed E-state index contributed by atoms with van der Waals surface area (Å²) in [5, 5.41) is 8.67. The maximum atomic E-state index is 11.5. The number of halogens is 2. The molecule has 5 aromatic rings. The zero-order valence-corrected chi connectivity index (χ0v) is 27.3. The lowest BCUT2D eigenvalue weighted by atomic mass is 9.99. The molecule has 45 heavy (non-hydrogen) atoms. The van der Waals surface area contributed by atoms with E-state index in [1.807, 2.05) is 36.4 Å². The highest BCUT2D eigenvalue weighted by molar-refractivity contribution is 6.39. The first-order chi connectivity index (χ1) is 21.7. The molecular weight excluding hydrogens is 607 g/mol. The second kappa shape index (κ2) is 13.2. The summed E-state index contributed by atoms with van der Waals surface area (Å²) in [6, 6.07) is 18.2. The number of nitrogens with one attached hydrogen (secondary N) is 2. The van der Waals surface area contributed by atoms with E-state index in [4.69, 9.17) is 32.9 Å². The van der Waals surface area contributed by atoms with Gasteiger partial charge in [-0.2, -0.15) is 0 Å².